The predicted molar refractivity (Wildman–Crippen MR) is 87.0 cm³/mol. The van der Waals surface area contributed by atoms with Gasteiger partial charge in [0.2, 0.25) is 5.91 Å². The van der Waals surface area contributed by atoms with Crippen molar-refractivity contribution >= 4 is 5.91 Å². The fourth-order valence-electron chi connectivity index (χ4n) is 4.16. The molecule has 0 radical (unpaired) electrons. The van der Waals surface area contributed by atoms with Gasteiger partial charge in [0.1, 0.15) is 0 Å². The summed E-state index contributed by atoms with van der Waals surface area (Å²) in [4.78, 5) is 11.5. The zero-order valence-electron chi connectivity index (χ0n) is 13.7. The van der Waals surface area contributed by atoms with Crippen LogP contribution in [-0.4, -0.2) is 11.9 Å². The van der Waals surface area contributed by atoms with Crippen LogP contribution in [0.4, 0.5) is 0 Å². The number of carbonyl (C=O) groups is 1. The first-order chi connectivity index (χ1) is 9.69. The molecular formula is C18H28N2O. The molecule has 2 rings (SSSR count). The average molecular weight is 288 g/mol. The van der Waals surface area contributed by atoms with Crippen LogP contribution >= 0.6 is 0 Å². The second kappa shape index (κ2) is 5.80. The van der Waals surface area contributed by atoms with Crippen molar-refractivity contribution in [3.8, 4) is 0 Å². The van der Waals surface area contributed by atoms with Crippen molar-refractivity contribution in [3.05, 3.63) is 35.4 Å². The quantitative estimate of drug-likeness (QED) is 0.891. The SMILES string of the molecule is CC1(C)CC(NCc2ccccc2C(N)=O)CC(C)(C)C1. The van der Waals surface area contributed by atoms with Crippen molar-refractivity contribution < 1.29 is 4.79 Å². The van der Waals surface area contributed by atoms with Gasteiger partial charge in [0, 0.05) is 18.2 Å². The number of hydrogen-bond acceptors (Lipinski definition) is 2. The summed E-state index contributed by atoms with van der Waals surface area (Å²) in [5.74, 6) is -0.350. The third-order valence-corrected chi connectivity index (χ3v) is 4.42. The lowest BCUT2D eigenvalue weighted by molar-refractivity contribution is 0.0842. The summed E-state index contributed by atoms with van der Waals surface area (Å²) in [5.41, 5.74) is 7.79. The molecule has 0 spiro atoms. The van der Waals surface area contributed by atoms with Gasteiger partial charge in [0.25, 0.3) is 0 Å². The minimum atomic E-state index is -0.350. The minimum absolute atomic E-state index is 0.350. The fraction of sp³-hybridized carbons (Fsp3) is 0.611. The van der Waals surface area contributed by atoms with E-state index in [1.807, 2.05) is 18.2 Å². The molecule has 3 heteroatoms. The summed E-state index contributed by atoms with van der Waals surface area (Å²) < 4.78 is 0. The highest BCUT2D eigenvalue weighted by Crippen LogP contribution is 2.45. The topological polar surface area (TPSA) is 55.1 Å². The van der Waals surface area contributed by atoms with Crippen LogP contribution in [0.3, 0.4) is 0 Å². The zero-order chi connectivity index (χ0) is 15.7. The molecule has 116 valence electrons. The maximum atomic E-state index is 11.5. The molecule has 21 heavy (non-hydrogen) atoms. The van der Waals surface area contributed by atoms with Crippen molar-refractivity contribution in [3.63, 3.8) is 0 Å². The second-order valence-corrected chi connectivity index (χ2v) is 8.01. The van der Waals surface area contributed by atoms with Gasteiger partial charge in [-0.2, -0.15) is 0 Å². The van der Waals surface area contributed by atoms with E-state index in [0.717, 1.165) is 5.56 Å². The Kier molecular flexibility index (Phi) is 4.43. The Morgan fingerprint density at radius 1 is 1.19 bits per heavy atom. The van der Waals surface area contributed by atoms with Crippen LogP contribution in [0.2, 0.25) is 0 Å². The number of primary amides is 1. The number of benzene rings is 1. The molecule has 0 unspecified atom stereocenters. The Labute approximate surface area is 128 Å². The lowest BCUT2D eigenvalue weighted by Gasteiger charge is -2.45. The Balaban J connectivity index is 2.05. The number of carbonyl (C=O) groups excluding carboxylic acids is 1. The van der Waals surface area contributed by atoms with Gasteiger partial charge in [-0.3, -0.25) is 4.79 Å². The molecule has 3 nitrogen and oxygen atoms in total. The molecule has 1 saturated carbocycles. The number of rotatable bonds is 4. The van der Waals surface area contributed by atoms with Gasteiger partial charge in [-0.05, 0) is 41.7 Å². The molecule has 0 heterocycles. The molecule has 1 aromatic carbocycles. The monoisotopic (exact) mass is 288 g/mol. The van der Waals surface area contributed by atoms with Crippen LogP contribution in [0.15, 0.2) is 24.3 Å². The minimum Gasteiger partial charge on any atom is -0.366 e. The Morgan fingerprint density at radius 2 is 1.76 bits per heavy atom. The third kappa shape index (κ3) is 4.31. The average Bonchev–Trinajstić information content (AvgIpc) is 2.33. The highest BCUT2D eigenvalue weighted by atomic mass is 16.1. The van der Waals surface area contributed by atoms with E-state index < -0.39 is 0 Å². The maximum Gasteiger partial charge on any atom is 0.249 e. The van der Waals surface area contributed by atoms with Crippen LogP contribution in [0, 0.1) is 10.8 Å². The van der Waals surface area contributed by atoms with Crippen LogP contribution in [0.1, 0.15) is 62.9 Å². The van der Waals surface area contributed by atoms with Gasteiger partial charge in [-0.25, -0.2) is 0 Å². The Bertz CT molecular complexity index is 504. The van der Waals surface area contributed by atoms with Gasteiger partial charge in [0.05, 0.1) is 0 Å². The third-order valence-electron chi connectivity index (χ3n) is 4.42. The van der Waals surface area contributed by atoms with E-state index >= 15 is 0 Å². The number of amides is 1. The summed E-state index contributed by atoms with van der Waals surface area (Å²) in [5, 5.41) is 3.64. The summed E-state index contributed by atoms with van der Waals surface area (Å²) in [6.07, 6.45) is 3.61. The number of nitrogens with one attached hydrogen (secondary N) is 1. The molecular weight excluding hydrogens is 260 g/mol. The molecule has 0 aromatic heterocycles. The fourth-order valence-corrected chi connectivity index (χ4v) is 4.16. The molecule has 1 aliphatic rings. The first kappa shape index (κ1) is 16.0. The van der Waals surface area contributed by atoms with E-state index in [1.54, 1.807) is 6.07 Å². The molecule has 1 amide bonds. The van der Waals surface area contributed by atoms with E-state index in [1.165, 1.54) is 19.3 Å². The van der Waals surface area contributed by atoms with Crippen molar-refractivity contribution in [1.29, 1.82) is 0 Å². The number of hydrogen-bond donors (Lipinski definition) is 2. The largest absolute Gasteiger partial charge is 0.366 e. The normalized spacial score (nSPS) is 21.1. The summed E-state index contributed by atoms with van der Waals surface area (Å²) in [6, 6.07) is 8.08. The van der Waals surface area contributed by atoms with Gasteiger partial charge in [0.15, 0.2) is 0 Å². The summed E-state index contributed by atoms with van der Waals surface area (Å²) in [6.45, 7) is 10.1. The van der Waals surface area contributed by atoms with E-state index in [9.17, 15) is 4.79 Å². The van der Waals surface area contributed by atoms with Crippen molar-refractivity contribution in [2.75, 3.05) is 0 Å². The Hall–Kier alpha value is -1.35. The highest BCUT2D eigenvalue weighted by Gasteiger charge is 2.38. The predicted octanol–water partition coefficient (Wildman–Crippen LogP) is 3.48. The van der Waals surface area contributed by atoms with Crippen molar-refractivity contribution in [2.45, 2.75) is 59.5 Å². The molecule has 0 aliphatic heterocycles. The van der Waals surface area contributed by atoms with Crippen LogP contribution < -0.4 is 11.1 Å². The lowest BCUT2D eigenvalue weighted by Crippen LogP contribution is -2.43. The second-order valence-electron chi connectivity index (χ2n) is 8.01. The molecule has 3 N–H and O–H groups in total. The van der Waals surface area contributed by atoms with Gasteiger partial charge in [-0.15, -0.1) is 0 Å². The van der Waals surface area contributed by atoms with Gasteiger partial charge in [-0.1, -0.05) is 45.9 Å². The summed E-state index contributed by atoms with van der Waals surface area (Å²) in [7, 11) is 0. The number of nitrogens with two attached hydrogens (primary N) is 1. The molecule has 0 bridgehead atoms. The van der Waals surface area contributed by atoms with E-state index in [-0.39, 0.29) is 5.91 Å². The highest BCUT2D eigenvalue weighted by molar-refractivity contribution is 5.94. The van der Waals surface area contributed by atoms with Crippen LogP contribution in [-0.2, 0) is 6.54 Å². The molecule has 0 atom stereocenters. The first-order valence-corrected chi connectivity index (χ1v) is 7.80. The van der Waals surface area contributed by atoms with Crippen molar-refractivity contribution in [1.82, 2.24) is 5.32 Å². The van der Waals surface area contributed by atoms with Gasteiger partial charge < -0.3 is 11.1 Å². The summed E-state index contributed by atoms with van der Waals surface area (Å²) >= 11 is 0. The lowest BCUT2D eigenvalue weighted by atomic mass is 9.63. The molecule has 1 aromatic rings. The molecule has 1 fully saturated rings. The molecule has 0 saturated heterocycles. The Morgan fingerprint density at radius 3 is 2.33 bits per heavy atom. The van der Waals surface area contributed by atoms with Crippen LogP contribution in [0.25, 0.3) is 0 Å². The maximum absolute atomic E-state index is 11.5. The standard InChI is InChI=1S/C18H28N2O/c1-17(2)9-14(10-18(3,4)12-17)20-11-13-7-5-6-8-15(13)16(19)21/h5-8,14,20H,9-12H2,1-4H3,(H2,19,21). The van der Waals surface area contributed by atoms with E-state index in [0.29, 0.717) is 29.0 Å². The first-order valence-electron chi connectivity index (χ1n) is 7.80. The van der Waals surface area contributed by atoms with Gasteiger partial charge >= 0.3 is 0 Å². The smallest absolute Gasteiger partial charge is 0.249 e. The van der Waals surface area contributed by atoms with Crippen LogP contribution in [0.5, 0.6) is 0 Å². The van der Waals surface area contributed by atoms with E-state index in [4.69, 9.17) is 5.73 Å². The van der Waals surface area contributed by atoms with E-state index in [2.05, 4.69) is 33.0 Å². The molecule has 1 aliphatic carbocycles. The zero-order valence-corrected chi connectivity index (χ0v) is 13.7. The van der Waals surface area contributed by atoms with Crippen molar-refractivity contribution in [2.24, 2.45) is 16.6 Å².